The van der Waals surface area contributed by atoms with Crippen molar-refractivity contribution in [2.24, 2.45) is 0 Å². The Bertz CT molecular complexity index is 1150. The maximum atomic E-state index is 13.4. The third-order valence-corrected chi connectivity index (χ3v) is 5.79. The number of halogens is 2. The first-order chi connectivity index (χ1) is 15.1. The molecule has 0 aliphatic rings. The van der Waals surface area contributed by atoms with Gasteiger partial charge in [0.1, 0.15) is 0 Å². The molecule has 0 spiro atoms. The van der Waals surface area contributed by atoms with E-state index in [0.717, 1.165) is 21.8 Å². The number of carbonyl (C=O) groups is 1. The van der Waals surface area contributed by atoms with Crippen molar-refractivity contribution >= 4 is 29.1 Å². The molecular weight excluding hydrogens is 427 g/mol. The second-order valence-corrected chi connectivity index (χ2v) is 8.22. The standard InChI is InChI=1S/C26H22Cl2N2O/c27-23-14-12-21(13-15-23)26(31)30(17-20-7-2-1-3-8-20)19-24-10-6-16-29(24)18-22-9-4-5-11-25(22)28/h1-16H,17-19H2. The van der Waals surface area contributed by atoms with Gasteiger partial charge in [0.15, 0.2) is 0 Å². The minimum absolute atomic E-state index is 0.0361. The molecule has 0 fully saturated rings. The second-order valence-electron chi connectivity index (χ2n) is 7.37. The van der Waals surface area contributed by atoms with Crippen LogP contribution in [0.4, 0.5) is 0 Å². The van der Waals surface area contributed by atoms with Crippen molar-refractivity contribution in [3.05, 3.63) is 130 Å². The second kappa shape index (κ2) is 9.86. The van der Waals surface area contributed by atoms with E-state index in [2.05, 4.69) is 4.57 Å². The molecule has 0 aliphatic heterocycles. The molecule has 0 atom stereocenters. The fraction of sp³-hybridized carbons (Fsp3) is 0.115. The number of hydrogen-bond acceptors (Lipinski definition) is 1. The van der Waals surface area contributed by atoms with Crippen molar-refractivity contribution in [3.63, 3.8) is 0 Å². The van der Waals surface area contributed by atoms with Crippen molar-refractivity contribution in [1.82, 2.24) is 9.47 Å². The lowest BCUT2D eigenvalue weighted by atomic mass is 10.1. The highest BCUT2D eigenvalue weighted by Crippen LogP contribution is 2.20. The maximum Gasteiger partial charge on any atom is 0.254 e. The summed E-state index contributed by atoms with van der Waals surface area (Å²) in [6, 6.07) is 28.9. The van der Waals surface area contributed by atoms with Crippen molar-refractivity contribution in [1.29, 1.82) is 0 Å². The minimum atomic E-state index is -0.0361. The predicted octanol–water partition coefficient (Wildman–Crippen LogP) is 6.69. The van der Waals surface area contributed by atoms with Gasteiger partial charge in [0.25, 0.3) is 5.91 Å². The van der Waals surface area contributed by atoms with Gasteiger partial charge in [0.2, 0.25) is 0 Å². The maximum absolute atomic E-state index is 13.4. The van der Waals surface area contributed by atoms with Crippen LogP contribution in [0.2, 0.25) is 10.0 Å². The van der Waals surface area contributed by atoms with E-state index >= 15 is 0 Å². The highest BCUT2D eigenvalue weighted by atomic mass is 35.5. The molecule has 0 aliphatic carbocycles. The molecule has 0 N–H and O–H groups in total. The third kappa shape index (κ3) is 5.38. The zero-order valence-corrected chi connectivity index (χ0v) is 18.4. The Labute approximate surface area is 192 Å². The number of amides is 1. The van der Waals surface area contributed by atoms with Gasteiger partial charge in [0, 0.05) is 40.6 Å². The Balaban J connectivity index is 1.61. The van der Waals surface area contributed by atoms with Crippen LogP contribution < -0.4 is 0 Å². The first-order valence-electron chi connectivity index (χ1n) is 10.1. The van der Waals surface area contributed by atoms with E-state index < -0.39 is 0 Å². The molecular formula is C26H22Cl2N2O. The van der Waals surface area contributed by atoms with Crippen LogP contribution >= 0.6 is 23.2 Å². The largest absolute Gasteiger partial charge is 0.345 e. The molecule has 0 bridgehead atoms. The lowest BCUT2D eigenvalue weighted by molar-refractivity contribution is 0.0726. The quantitative estimate of drug-likeness (QED) is 0.309. The Morgan fingerprint density at radius 1 is 0.774 bits per heavy atom. The summed E-state index contributed by atoms with van der Waals surface area (Å²) in [5.74, 6) is -0.0361. The third-order valence-electron chi connectivity index (χ3n) is 5.17. The molecule has 5 heteroatoms. The van der Waals surface area contributed by atoms with E-state index in [1.54, 1.807) is 24.3 Å². The van der Waals surface area contributed by atoms with Gasteiger partial charge in [-0.2, -0.15) is 0 Å². The summed E-state index contributed by atoms with van der Waals surface area (Å²) in [5.41, 5.74) is 3.77. The van der Waals surface area contributed by atoms with Crippen molar-refractivity contribution in [2.45, 2.75) is 19.6 Å². The minimum Gasteiger partial charge on any atom is -0.345 e. The highest BCUT2D eigenvalue weighted by Gasteiger charge is 2.18. The van der Waals surface area contributed by atoms with Crippen molar-refractivity contribution in [3.8, 4) is 0 Å². The summed E-state index contributed by atoms with van der Waals surface area (Å²) in [4.78, 5) is 15.2. The lowest BCUT2D eigenvalue weighted by Gasteiger charge is -2.24. The van der Waals surface area contributed by atoms with Crippen LogP contribution in [0.5, 0.6) is 0 Å². The number of aromatic nitrogens is 1. The van der Waals surface area contributed by atoms with Crippen LogP contribution in [0.1, 0.15) is 27.2 Å². The molecule has 1 heterocycles. The Morgan fingerprint density at radius 3 is 2.23 bits per heavy atom. The number of nitrogens with zero attached hydrogens (tertiary/aromatic N) is 2. The molecule has 3 aromatic carbocycles. The van der Waals surface area contributed by atoms with E-state index in [1.165, 1.54) is 0 Å². The van der Waals surface area contributed by atoms with Crippen molar-refractivity contribution < 1.29 is 4.79 Å². The molecule has 0 unspecified atom stereocenters. The smallest absolute Gasteiger partial charge is 0.254 e. The zero-order valence-electron chi connectivity index (χ0n) is 16.9. The summed E-state index contributed by atoms with van der Waals surface area (Å²) in [6.07, 6.45) is 2.02. The van der Waals surface area contributed by atoms with Gasteiger partial charge in [-0.15, -0.1) is 0 Å². The Morgan fingerprint density at radius 2 is 1.48 bits per heavy atom. The number of rotatable bonds is 7. The van der Waals surface area contributed by atoms with E-state index in [0.29, 0.717) is 30.2 Å². The van der Waals surface area contributed by atoms with Crippen LogP contribution in [-0.2, 0) is 19.6 Å². The monoisotopic (exact) mass is 448 g/mol. The fourth-order valence-electron chi connectivity index (χ4n) is 3.53. The van der Waals surface area contributed by atoms with Gasteiger partial charge in [-0.25, -0.2) is 0 Å². The van der Waals surface area contributed by atoms with Crippen LogP contribution in [0.25, 0.3) is 0 Å². The van der Waals surface area contributed by atoms with Crippen LogP contribution in [0.15, 0.2) is 97.2 Å². The number of carbonyl (C=O) groups excluding carboxylic acids is 1. The summed E-state index contributed by atoms with van der Waals surface area (Å²) in [7, 11) is 0. The number of benzene rings is 3. The Hall–Kier alpha value is -3.01. The molecule has 31 heavy (non-hydrogen) atoms. The first-order valence-corrected chi connectivity index (χ1v) is 10.8. The van der Waals surface area contributed by atoms with E-state index in [-0.39, 0.29) is 5.91 Å². The molecule has 0 saturated heterocycles. The molecule has 0 saturated carbocycles. The average molecular weight is 449 g/mol. The number of hydrogen-bond donors (Lipinski definition) is 0. The van der Waals surface area contributed by atoms with Crippen LogP contribution in [0.3, 0.4) is 0 Å². The van der Waals surface area contributed by atoms with E-state index in [1.807, 2.05) is 77.8 Å². The molecule has 4 rings (SSSR count). The van der Waals surface area contributed by atoms with E-state index in [9.17, 15) is 4.79 Å². The highest BCUT2D eigenvalue weighted by molar-refractivity contribution is 6.31. The topological polar surface area (TPSA) is 25.2 Å². The van der Waals surface area contributed by atoms with Crippen molar-refractivity contribution in [2.75, 3.05) is 0 Å². The Kier molecular flexibility index (Phi) is 6.76. The summed E-state index contributed by atoms with van der Waals surface area (Å²) in [5, 5.41) is 1.35. The molecule has 156 valence electrons. The summed E-state index contributed by atoms with van der Waals surface area (Å²) < 4.78 is 2.13. The molecule has 1 amide bonds. The molecule has 0 radical (unpaired) electrons. The van der Waals surface area contributed by atoms with Gasteiger partial charge >= 0.3 is 0 Å². The average Bonchev–Trinajstić information content (AvgIpc) is 3.22. The van der Waals surface area contributed by atoms with Gasteiger partial charge in [-0.05, 0) is 53.6 Å². The molecule has 1 aromatic heterocycles. The first kappa shape index (κ1) is 21.2. The summed E-state index contributed by atoms with van der Waals surface area (Å²) >= 11 is 12.4. The molecule has 3 nitrogen and oxygen atoms in total. The van der Waals surface area contributed by atoms with Gasteiger partial charge < -0.3 is 9.47 Å². The normalized spacial score (nSPS) is 10.8. The van der Waals surface area contributed by atoms with Crippen LogP contribution in [0, 0.1) is 0 Å². The predicted molar refractivity (Wildman–Crippen MR) is 126 cm³/mol. The van der Waals surface area contributed by atoms with Gasteiger partial charge in [-0.3, -0.25) is 4.79 Å². The van der Waals surface area contributed by atoms with Gasteiger partial charge in [0.05, 0.1) is 6.54 Å². The molecule has 4 aromatic rings. The lowest BCUT2D eigenvalue weighted by Crippen LogP contribution is -2.31. The zero-order chi connectivity index (χ0) is 21.6. The SMILES string of the molecule is O=C(c1ccc(Cl)cc1)N(Cc1ccccc1)Cc1cccn1Cc1ccccc1Cl. The fourth-order valence-corrected chi connectivity index (χ4v) is 3.85. The van der Waals surface area contributed by atoms with E-state index in [4.69, 9.17) is 23.2 Å². The van der Waals surface area contributed by atoms with Crippen LogP contribution in [-0.4, -0.2) is 15.4 Å². The van der Waals surface area contributed by atoms with Gasteiger partial charge in [-0.1, -0.05) is 71.7 Å². The summed E-state index contributed by atoms with van der Waals surface area (Å²) in [6.45, 7) is 1.64.